The third-order valence-corrected chi connectivity index (χ3v) is 2.52. The number of carboxylic acid groups (broad SMARTS) is 1. The summed E-state index contributed by atoms with van der Waals surface area (Å²) >= 11 is 0. The lowest BCUT2D eigenvalue weighted by Crippen LogP contribution is -2.29. The Morgan fingerprint density at radius 3 is 2.79 bits per heavy atom. The van der Waals surface area contributed by atoms with Crippen molar-refractivity contribution in [3.8, 4) is 0 Å². The van der Waals surface area contributed by atoms with E-state index in [4.69, 9.17) is 9.84 Å². The minimum absolute atomic E-state index is 0.0322. The summed E-state index contributed by atoms with van der Waals surface area (Å²) in [6.07, 6.45) is 0.745. The molecule has 0 unspecified atom stereocenters. The van der Waals surface area contributed by atoms with Gasteiger partial charge in [-0.1, -0.05) is 6.92 Å². The Balaban J connectivity index is 2.27. The Labute approximate surface area is 111 Å². The average molecular weight is 269 g/mol. The standard InChI is InChI=1S/C12H19N3O4/c1-3-9-8-10(15(2)14-9)12(18)13-5-7-19-6-4-11(16)17/h8H,3-7H2,1-2H3,(H,13,18)(H,16,17). The maximum absolute atomic E-state index is 11.8. The van der Waals surface area contributed by atoms with E-state index in [0.717, 1.165) is 12.1 Å². The van der Waals surface area contributed by atoms with Crippen molar-refractivity contribution in [2.75, 3.05) is 19.8 Å². The molecule has 0 spiro atoms. The van der Waals surface area contributed by atoms with Crippen molar-refractivity contribution >= 4 is 11.9 Å². The molecule has 1 aromatic heterocycles. The minimum atomic E-state index is -0.897. The summed E-state index contributed by atoms with van der Waals surface area (Å²) in [4.78, 5) is 22.0. The highest BCUT2D eigenvalue weighted by molar-refractivity contribution is 5.92. The number of carbonyl (C=O) groups is 2. The van der Waals surface area contributed by atoms with Crippen LogP contribution in [0.5, 0.6) is 0 Å². The lowest BCUT2D eigenvalue weighted by molar-refractivity contribution is -0.138. The lowest BCUT2D eigenvalue weighted by atomic mass is 10.3. The van der Waals surface area contributed by atoms with Gasteiger partial charge < -0.3 is 15.2 Å². The molecule has 7 heteroatoms. The second kappa shape index (κ2) is 7.52. The molecule has 1 aromatic rings. The van der Waals surface area contributed by atoms with Gasteiger partial charge in [-0.05, 0) is 12.5 Å². The first kappa shape index (κ1) is 15.2. The van der Waals surface area contributed by atoms with Crippen molar-refractivity contribution in [2.24, 2.45) is 7.05 Å². The number of nitrogens with one attached hydrogen (secondary N) is 1. The Kier molecular flexibility index (Phi) is 6.01. The first-order valence-electron chi connectivity index (χ1n) is 6.15. The Morgan fingerprint density at radius 2 is 2.21 bits per heavy atom. The first-order valence-corrected chi connectivity index (χ1v) is 6.15. The molecule has 106 valence electrons. The molecule has 0 aliphatic heterocycles. The molecule has 0 fully saturated rings. The minimum Gasteiger partial charge on any atom is -0.481 e. The molecule has 0 saturated carbocycles. The fourth-order valence-corrected chi connectivity index (χ4v) is 1.50. The van der Waals surface area contributed by atoms with E-state index in [-0.39, 0.29) is 25.5 Å². The van der Waals surface area contributed by atoms with Crippen LogP contribution in [-0.2, 0) is 23.0 Å². The van der Waals surface area contributed by atoms with Crippen LogP contribution in [0.2, 0.25) is 0 Å². The molecule has 0 aromatic carbocycles. The van der Waals surface area contributed by atoms with Crippen molar-refractivity contribution < 1.29 is 19.4 Å². The van der Waals surface area contributed by atoms with Crippen molar-refractivity contribution in [3.63, 3.8) is 0 Å². The fourth-order valence-electron chi connectivity index (χ4n) is 1.50. The van der Waals surface area contributed by atoms with Gasteiger partial charge in [0.1, 0.15) is 5.69 Å². The zero-order valence-electron chi connectivity index (χ0n) is 11.2. The van der Waals surface area contributed by atoms with E-state index in [1.54, 1.807) is 17.8 Å². The van der Waals surface area contributed by atoms with E-state index in [1.807, 2.05) is 6.92 Å². The summed E-state index contributed by atoms with van der Waals surface area (Å²) in [6, 6.07) is 1.75. The highest BCUT2D eigenvalue weighted by Gasteiger charge is 2.11. The summed E-state index contributed by atoms with van der Waals surface area (Å²) in [5, 5.41) is 15.3. The molecule has 0 aliphatic carbocycles. The van der Waals surface area contributed by atoms with E-state index >= 15 is 0 Å². The van der Waals surface area contributed by atoms with E-state index in [2.05, 4.69) is 10.4 Å². The van der Waals surface area contributed by atoms with Gasteiger partial charge in [-0.15, -0.1) is 0 Å². The summed E-state index contributed by atoms with van der Waals surface area (Å²) in [5.41, 5.74) is 1.37. The van der Waals surface area contributed by atoms with Crippen LogP contribution in [-0.4, -0.2) is 46.5 Å². The molecule has 1 heterocycles. The molecule has 0 aliphatic rings. The van der Waals surface area contributed by atoms with Gasteiger partial charge in [0.25, 0.3) is 5.91 Å². The van der Waals surface area contributed by atoms with E-state index in [1.165, 1.54) is 0 Å². The maximum Gasteiger partial charge on any atom is 0.305 e. The van der Waals surface area contributed by atoms with Crippen molar-refractivity contribution in [1.29, 1.82) is 0 Å². The lowest BCUT2D eigenvalue weighted by Gasteiger charge is -2.05. The van der Waals surface area contributed by atoms with Crippen LogP contribution in [0.25, 0.3) is 0 Å². The van der Waals surface area contributed by atoms with Crippen LogP contribution in [0.1, 0.15) is 29.5 Å². The number of amides is 1. The number of rotatable bonds is 8. The zero-order valence-corrected chi connectivity index (χ0v) is 11.2. The predicted octanol–water partition coefficient (Wildman–Crippen LogP) is 0.204. The van der Waals surface area contributed by atoms with Crippen molar-refractivity contribution in [3.05, 3.63) is 17.5 Å². The van der Waals surface area contributed by atoms with E-state index in [0.29, 0.717) is 12.2 Å². The van der Waals surface area contributed by atoms with Gasteiger partial charge in [0.15, 0.2) is 0 Å². The van der Waals surface area contributed by atoms with E-state index in [9.17, 15) is 9.59 Å². The Morgan fingerprint density at radius 1 is 1.47 bits per heavy atom. The van der Waals surface area contributed by atoms with Gasteiger partial charge >= 0.3 is 5.97 Å². The Hall–Kier alpha value is -1.89. The summed E-state index contributed by atoms with van der Waals surface area (Å²) < 4.78 is 6.61. The number of hydrogen-bond acceptors (Lipinski definition) is 4. The summed E-state index contributed by atoms with van der Waals surface area (Å²) in [6.45, 7) is 2.75. The molecule has 2 N–H and O–H groups in total. The monoisotopic (exact) mass is 269 g/mol. The number of aryl methyl sites for hydroxylation is 2. The van der Waals surface area contributed by atoms with Crippen LogP contribution < -0.4 is 5.32 Å². The molecule has 0 radical (unpaired) electrons. The van der Waals surface area contributed by atoms with Gasteiger partial charge in [0, 0.05) is 13.6 Å². The number of aliphatic carboxylic acids is 1. The van der Waals surface area contributed by atoms with Crippen molar-refractivity contribution in [2.45, 2.75) is 19.8 Å². The third kappa shape index (κ3) is 5.09. The molecule has 0 saturated heterocycles. The number of carbonyl (C=O) groups excluding carboxylic acids is 1. The van der Waals surface area contributed by atoms with Gasteiger partial charge in [-0.2, -0.15) is 5.10 Å². The van der Waals surface area contributed by atoms with Crippen molar-refractivity contribution in [1.82, 2.24) is 15.1 Å². The molecule has 1 amide bonds. The van der Waals surface area contributed by atoms with Crippen LogP contribution in [0, 0.1) is 0 Å². The van der Waals surface area contributed by atoms with E-state index < -0.39 is 5.97 Å². The van der Waals surface area contributed by atoms with Crippen LogP contribution in [0.4, 0.5) is 0 Å². The van der Waals surface area contributed by atoms with Crippen LogP contribution in [0.3, 0.4) is 0 Å². The normalized spacial score (nSPS) is 10.4. The average Bonchev–Trinajstić information content (AvgIpc) is 2.74. The maximum atomic E-state index is 11.8. The third-order valence-electron chi connectivity index (χ3n) is 2.52. The molecule has 0 atom stereocenters. The molecule has 7 nitrogen and oxygen atoms in total. The highest BCUT2D eigenvalue weighted by Crippen LogP contribution is 2.03. The highest BCUT2D eigenvalue weighted by atomic mass is 16.5. The van der Waals surface area contributed by atoms with Crippen LogP contribution >= 0.6 is 0 Å². The van der Waals surface area contributed by atoms with Gasteiger partial charge in [-0.3, -0.25) is 14.3 Å². The number of hydrogen-bond donors (Lipinski definition) is 2. The zero-order chi connectivity index (χ0) is 14.3. The second-order valence-corrected chi connectivity index (χ2v) is 4.01. The number of ether oxygens (including phenoxy) is 1. The quantitative estimate of drug-likeness (QED) is 0.658. The molecular weight excluding hydrogens is 250 g/mol. The number of carboxylic acids is 1. The molecule has 1 rings (SSSR count). The first-order chi connectivity index (χ1) is 9.04. The topological polar surface area (TPSA) is 93.5 Å². The van der Waals surface area contributed by atoms with Crippen LogP contribution in [0.15, 0.2) is 6.07 Å². The number of aromatic nitrogens is 2. The van der Waals surface area contributed by atoms with Gasteiger partial charge in [-0.25, -0.2) is 0 Å². The number of nitrogens with zero attached hydrogens (tertiary/aromatic N) is 2. The summed E-state index contributed by atoms with van der Waals surface area (Å²) in [7, 11) is 1.72. The fraction of sp³-hybridized carbons (Fsp3) is 0.583. The Bertz CT molecular complexity index is 442. The second-order valence-electron chi connectivity index (χ2n) is 4.01. The SMILES string of the molecule is CCc1cc(C(=O)NCCOCCC(=O)O)n(C)n1. The van der Waals surface area contributed by atoms with Gasteiger partial charge in [0.05, 0.1) is 25.3 Å². The molecule has 19 heavy (non-hydrogen) atoms. The smallest absolute Gasteiger partial charge is 0.305 e. The molecular formula is C12H19N3O4. The van der Waals surface area contributed by atoms with Gasteiger partial charge in [0.2, 0.25) is 0 Å². The molecule has 0 bridgehead atoms. The predicted molar refractivity (Wildman–Crippen MR) is 68.0 cm³/mol. The summed E-state index contributed by atoms with van der Waals surface area (Å²) in [5.74, 6) is -1.11. The largest absolute Gasteiger partial charge is 0.481 e.